The zero-order valence-electron chi connectivity index (χ0n) is 15.8. The summed E-state index contributed by atoms with van der Waals surface area (Å²) in [6.45, 7) is 5.72. The summed E-state index contributed by atoms with van der Waals surface area (Å²) in [7, 11) is -3.35. The predicted octanol–water partition coefficient (Wildman–Crippen LogP) is 1.31. The number of hydrogen-bond acceptors (Lipinski definition) is 5. The van der Waals surface area contributed by atoms with Crippen LogP contribution in [0, 0.1) is 0 Å². The van der Waals surface area contributed by atoms with Gasteiger partial charge in [0.1, 0.15) is 0 Å². The molecule has 9 heteroatoms. The van der Waals surface area contributed by atoms with E-state index in [9.17, 15) is 18.0 Å². The van der Waals surface area contributed by atoms with Crippen molar-refractivity contribution in [2.24, 2.45) is 0 Å². The highest BCUT2D eigenvalue weighted by Crippen LogP contribution is 2.34. The van der Waals surface area contributed by atoms with Gasteiger partial charge in [-0.05, 0) is 44.0 Å². The molecule has 2 heterocycles. The third kappa shape index (κ3) is 3.87. The molecule has 1 aromatic rings. The van der Waals surface area contributed by atoms with Crippen LogP contribution in [-0.4, -0.2) is 75.3 Å². The van der Waals surface area contributed by atoms with E-state index < -0.39 is 10.0 Å². The molecule has 1 saturated heterocycles. The van der Waals surface area contributed by atoms with E-state index in [1.54, 1.807) is 34.9 Å². The smallest absolute Gasteiger partial charge is 0.409 e. The van der Waals surface area contributed by atoms with E-state index in [0.29, 0.717) is 50.5 Å². The van der Waals surface area contributed by atoms with E-state index in [0.717, 1.165) is 5.56 Å². The standard InChI is InChI=1S/C18H25N3O5S/c1-4-26-18(23)20-9-7-19(8-10-20)17(22)14-5-6-16-15(12-14)11-13(2)21(16)27(3,24)25/h5-6,12-13H,4,7-11H2,1-3H3. The van der Waals surface area contributed by atoms with Crippen molar-refractivity contribution >= 4 is 27.7 Å². The summed E-state index contributed by atoms with van der Waals surface area (Å²) in [5.41, 5.74) is 2.05. The van der Waals surface area contributed by atoms with Gasteiger partial charge in [-0.2, -0.15) is 0 Å². The minimum Gasteiger partial charge on any atom is -0.450 e. The molecule has 0 aromatic heterocycles. The average Bonchev–Trinajstić information content (AvgIpc) is 2.96. The molecule has 1 unspecified atom stereocenters. The first-order valence-corrected chi connectivity index (χ1v) is 10.9. The van der Waals surface area contributed by atoms with Gasteiger partial charge in [-0.3, -0.25) is 9.10 Å². The second-order valence-electron chi connectivity index (χ2n) is 6.93. The summed E-state index contributed by atoms with van der Waals surface area (Å²) >= 11 is 0. The van der Waals surface area contributed by atoms with Gasteiger partial charge < -0.3 is 14.5 Å². The van der Waals surface area contributed by atoms with Crippen molar-refractivity contribution < 1.29 is 22.7 Å². The van der Waals surface area contributed by atoms with Crippen LogP contribution in [0.4, 0.5) is 10.5 Å². The second kappa shape index (κ2) is 7.38. The topological polar surface area (TPSA) is 87.2 Å². The van der Waals surface area contributed by atoms with Crippen molar-refractivity contribution in [2.75, 3.05) is 43.3 Å². The Hall–Kier alpha value is -2.29. The second-order valence-corrected chi connectivity index (χ2v) is 8.79. The molecule has 0 radical (unpaired) electrons. The SMILES string of the molecule is CCOC(=O)N1CCN(C(=O)c2ccc3c(c2)CC(C)N3S(C)(=O)=O)CC1. The first kappa shape index (κ1) is 19.5. The van der Waals surface area contributed by atoms with Crippen LogP contribution in [0.5, 0.6) is 0 Å². The third-order valence-corrected chi connectivity index (χ3v) is 6.20. The van der Waals surface area contributed by atoms with Gasteiger partial charge in [0.05, 0.1) is 18.6 Å². The Morgan fingerprint density at radius 2 is 1.78 bits per heavy atom. The molecule has 1 atom stereocenters. The van der Waals surface area contributed by atoms with Gasteiger partial charge in [0, 0.05) is 37.8 Å². The number of ether oxygens (including phenoxy) is 1. The van der Waals surface area contributed by atoms with Crippen molar-refractivity contribution in [1.29, 1.82) is 0 Å². The van der Waals surface area contributed by atoms with E-state index in [1.807, 2.05) is 6.92 Å². The van der Waals surface area contributed by atoms with Crippen LogP contribution in [0.1, 0.15) is 29.8 Å². The zero-order chi connectivity index (χ0) is 19.8. The number of rotatable bonds is 3. The molecule has 148 valence electrons. The van der Waals surface area contributed by atoms with E-state index in [4.69, 9.17) is 4.74 Å². The lowest BCUT2D eigenvalue weighted by molar-refractivity contribution is 0.0570. The minimum atomic E-state index is -3.35. The van der Waals surface area contributed by atoms with E-state index >= 15 is 0 Å². The van der Waals surface area contributed by atoms with Crippen molar-refractivity contribution in [1.82, 2.24) is 9.80 Å². The Morgan fingerprint density at radius 3 is 2.37 bits per heavy atom. The summed E-state index contributed by atoms with van der Waals surface area (Å²) in [5, 5.41) is 0. The molecule has 1 fully saturated rings. The van der Waals surface area contributed by atoms with Gasteiger partial charge in [0.25, 0.3) is 5.91 Å². The number of benzene rings is 1. The van der Waals surface area contributed by atoms with Gasteiger partial charge in [0.15, 0.2) is 0 Å². The van der Waals surface area contributed by atoms with Gasteiger partial charge in [-0.25, -0.2) is 13.2 Å². The summed E-state index contributed by atoms with van der Waals surface area (Å²) in [4.78, 5) is 27.9. The summed E-state index contributed by atoms with van der Waals surface area (Å²) in [6, 6.07) is 5.02. The van der Waals surface area contributed by atoms with Crippen LogP contribution in [0.25, 0.3) is 0 Å². The quantitative estimate of drug-likeness (QED) is 0.770. The monoisotopic (exact) mass is 395 g/mol. The third-order valence-electron chi connectivity index (χ3n) is 4.93. The molecular weight excluding hydrogens is 370 g/mol. The molecule has 27 heavy (non-hydrogen) atoms. The first-order valence-electron chi connectivity index (χ1n) is 9.05. The number of fused-ring (bicyclic) bond motifs is 1. The van der Waals surface area contributed by atoms with E-state index in [-0.39, 0.29) is 18.0 Å². The number of nitrogens with zero attached hydrogens (tertiary/aromatic N) is 3. The predicted molar refractivity (Wildman–Crippen MR) is 101 cm³/mol. The average molecular weight is 395 g/mol. The first-order chi connectivity index (χ1) is 12.7. The molecular formula is C18H25N3O5S. The normalized spacial score (nSPS) is 19.8. The fourth-order valence-electron chi connectivity index (χ4n) is 3.73. The lowest BCUT2D eigenvalue weighted by Gasteiger charge is -2.34. The van der Waals surface area contributed by atoms with Gasteiger partial charge in [0.2, 0.25) is 10.0 Å². The maximum atomic E-state index is 12.8. The van der Waals surface area contributed by atoms with Crippen LogP contribution in [0.3, 0.4) is 0 Å². The number of carbonyl (C=O) groups is 2. The molecule has 1 aromatic carbocycles. The van der Waals surface area contributed by atoms with Gasteiger partial charge >= 0.3 is 6.09 Å². The maximum Gasteiger partial charge on any atom is 0.409 e. The van der Waals surface area contributed by atoms with Crippen LogP contribution in [-0.2, 0) is 21.2 Å². The van der Waals surface area contributed by atoms with Crippen LogP contribution >= 0.6 is 0 Å². The number of carbonyl (C=O) groups excluding carboxylic acids is 2. The Labute approximate surface area is 159 Å². The fourth-order valence-corrected chi connectivity index (χ4v) is 4.99. The van der Waals surface area contributed by atoms with Crippen molar-refractivity contribution in [3.05, 3.63) is 29.3 Å². The number of anilines is 1. The zero-order valence-corrected chi connectivity index (χ0v) is 16.7. The molecule has 2 amide bonds. The Morgan fingerprint density at radius 1 is 1.15 bits per heavy atom. The minimum absolute atomic E-state index is 0.105. The van der Waals surface area contributed by atoms with Crippen molar-refractivity contribution in [2.45, 2.75) is 26.3 Å². The highest BCUT2D eigenvalue weighted by Gasteiger charge is 2.33. The summed E-state index contributed by atoms with van der Waals surface area (Å²) < 4.78 is 30.4. The van der Waals surface area contributed by atoms with Crippen LogP contribution < -0.4 is 4.31 Å². The Kier molecular flexibility index (Phi) is 5.32. The lowest BCUT2D eigenvalue weighted by Crippen LogP contribution is -2.50. The Balaban J connectivity index is 1.71. The number of sulfonamides is 1. The van der Waals surface area contributed by atoms with Crippen LogP contribution in [0.2, 0.25) is 0 Å². The number of hydrogen-bond donors (Lipinski definition) is 0. The van der Waals surface area contributed by atoms with Gasteiger partial charge in [-0.15, -0.1) is 0 Å². The number of piperazine rings is 1. The molecule has 3 rings (SSSR count). The van der Waals surface area contributed by atoms with Crippen LogP contribution in [0.15, 0.2) is 18.2 Å². The summed E-state index contributed by atoms with van der Waals surface area (Å²) in [5.74, 6) is -0.105. The molecule has 0 saturated carbocycles. The molecule has 0 N–H and O–H groups in total. The molecule has 0 spiro atoms. The molecule has 2 aliphatic rings. The van der Waals surface area contributed by atoms with E-state index in [2.05, 4.69) is 0 Å². The van der Waals surface area contributed by atoms with E-state index in [1.165, 1.54) is 10.6 Å². The molecule has 8 nitrogen and oxygen atoms in total. The van der Waals surface area contributed by atoms with Crippen molar-refractivity contribution in [3.8, 4) is 0 Å². The van der Waals surface area contributed by atoms with Gasteiger partial charge in [-0.1, -0.05) is 0 Å². The maximum absolute atomic E-state index is 12.8. The lowest BCUT2D eigenvalue weighted by atomic mass is 10.1. The molecule has 0 aliphatic carbocycles. The van der Waals surface area contributed by atoms with Crippen molar-refractivity contribution in [3.63, 3.8) is 0 Å². The fraction of sp³-hybridized carbons (Fsp3) is 0.556. The highest BCUT2D eigenvalue weighted by atomic mass is 32.2. The largest absolute Gasteiger partial charge is 0.450 e. The Bertz CT molecular complexity index is 847. The molecule has 2 aliphatic heterocycles. The number of amides is 2. The highest BCUT2D eigenvalue weighted by molar-refractivity contribution is 7.92. The summed E-state index contributed by atoms with van der Waals surface area (Å²) in [6.07, 6.45) is 1.43. The molecule has 0 bridgehead atoms.